The molecule has 2 rings (SSSR count). The second-order valence-electron chi connectivity index (χ2n) is 6.57. The molecule has 1 atom stereocenters. The SMILES string of the molecule is CCNC(=NCC(C)N1CCC(C)CC1)NC1CC=CC1. The summed E-state index contributed by atoms with van der Waals surface area (Å²) in [6, 6.07) is 1.06. The van der Waals surface area contributed by atoms with Crippen molar-refractivity contribution < 1.29 is 0 Å². The maximum atomic E-state index is 4.80. The van der Waals surface area contributed by atoms with E-state index in [1.807, 2.05) is 0 Å². The van der Waals surface area contributed by atoms with Crippen molar-refractivity contribution in [2.24, 2.45) is 10.9 Å². The van der Waals surface area contributed by atoms with Crippen LogP contribution in [0.4, 0.5) is 0 Å². The molecule has 2 N–H and O–H groups in total. The lowest BCUT2D eigenvalue weighted by Crippen LogP contribution is -2.44. The van der Waals surface area contributed by atoms with Crippen molar-refractivity contribution in [1.29, 1.82) is 0 Å². The average Bonchev–Trinajstić information content (AvgIpc) is 2.98. The van der Waals surface area contributed by atoms with Gasteiger partial charge >= 0.3 is 0 Å². The largest absolute Gasteiger partial charge is 0.357 e. The van der Waals surface area contributed by atoms with Crippen LogP contribution in [0.1, 0.15) is 46.5 Å². The van der Waals surface area contributed by atoms with Gasteiger partial charge in [-0.3, -0.25) is 9.89 Å². The van der Waals surface area contributed by atoms with Gasteiger partial charge in [-0.2, -0.15) is 0 Å². The van der Waals surface area contributed by atoms with Crippen molar-refractivity contribution in [3.8, 4) is 0 Å². The molecule has 1 heterocycles. The van der Waals surface area contributed by atoms with Crippen LogP contribution in [0, 0.1) is 5.92 Å². The van der Waals surface area contributed by atoms with Crippen molar-refractivity contribution in [2.45, 2.75) is 58.5 Å². The minimum absolute atomic E-state index is 0.522. The van der Waals surface area contributed by atoms with Gasteiger partial charge in [0.15, 0.2) is 5.96 Å². The number of hydrogen-bond acceptors (Lipinski definition) is 2. The average molecular weight is 292 g/mol. The second-order valence-corrected chi connectivity index (χ2v) is 6.57. The summed E-state index contributed by atoms with van der Waals surface area (Å²) in [5, 5.41) is 6.91. The van der Waals surface area contributed by atoms with Crippen LogP contribution < -0.4 is 10.6 Å². The van der Waals surface area contributed by atoms with E-state index in [1.54, 1.807) is 0 Å². The van der Waals surface area contributed by atoms with Gasteiger partial charge in [0.25, 0.3) is 0 Å². The maximum Gasteiger partial charge on any atom is 0.191 e. The smallest absolute Gasteiger partial charge is 0.191 e. The number of hydrogen-bond donors (Lipinski definition) is 2. The Labute approximate surface area is 130 Å². The summed E-state index contributed by atoms with van der Waals surface area (Å²) in [6.45, 7) is 11.1. The Hall–Kier alpha value is -1.03. The lowest BCUT2D eigenvalue weighted by atomic mass is 9.98. The summed E-state index contributed by atoms with van der Waals surface area (Å²) < 4.78 is 0. The first-order chi connectivity index (χ1) is 10.2. The van der Waals surface area contributed by atoms with Crippen LogP contribution in [0.2, 0.25) is 0 Å². The number of nitrogens with one attached hydrogen (secondary N) is 2. The third-order valence-corrected chi connectivity index (χ3v) is 4.65. The second kappa shape index (κ2) is 8.42. The summed E-state index contributed by atoms with van der Waals surface area (Å²) in [6.07, 6.45) is 9.39. The van der Waals surface area contributed by atoms with Gasteiger partial charge in [0.05, 0.1) is 6.54 Å². The molecule has 0 bridgehead atoms. The van der Waals surface area contributed by atoms with Crippen LogP contribution in [0.25, 0.3) is 0 Å². The topological polar surface area (TPSA) is 39.7 Å². The van der Waals surface area contributed by atoms with E-state index in [1.165, 1.54) is 25.9 Å². The molecule has 0 spiro atoms. The van der Waals surface area contributed by atoms with Crippen LogP contribution in [0.3, 0.4) is 0 Å². The van der Waals surface area contributed by atoms with Gasteiger partial charge in [-0.1, -0.05) is 19.1 Å². The summed E-state index contributed by atoms with van der Waals surface area (Å²) in [7, 11) is 0. The van der Waals surface area contributed by atoms with Crippen LogP contribution in [0.15, 0.2) is 17.1 Å². The molecular weight excluding hydrogens is 260 g/mol. The maximum absolute atomic E-state index is 4.80. The van der Waals surface area contributed by atoms with Gasteiger partial charge in [0.2, 0.25) is 0 Å². The third kappa shape index (κ3) is 5.34. The van der Waals surface area contributed by atoms with E-state index in [0.717, 1.165) is 37.8 Å². The van der Waals surface area contributed by atoms with Gasteiger partial charge in [0.1, 0.15) is 0 Å². The summed E-state index contributed by atoms with van der Waals surface area (Å²) >= 11 is 0. The molecule has 120 valence electrons. The first kappa shape index (κ1) is 16.3. The zero-order valence-electron chi connectivity index (χ0n) is 13.9. The van der Waals surface area contributed by atoms with E-state index >= 15 is 0 Å². The van der Waals surface area contributed by atoms with E-state index in [0.29, 0.717) is 12.1 Å². The predicted octanol–water partition coefficient (Wildman–Crippen LogP) is 2.38. The number of aliphatic imine (C=N–C) groups is 1. The lowest BCUT2D eigenvalue weighted by Gasteiger charge is -2.34. The summed E-state index contributed by atoms with van der Waals surface area (Å²) in [5.41, 5.74) is 0. The molecule has 0 aromatic rings. The van der Waals surface area contributed by atoms with E-state index < -0.39 is 0 Å². The molecule has 4 heteroatoms. The summed E-state index contributed by atoms with van der Waals surface area (Å²) in [5.74, 6) is 1.87. The van der Waals surface area contributed by atoms with Crippen molar-refractivity contribution in [3.05, 3.63) is 12.2 Å². The fourth-order valence-electron chi connectivity index (χ4n) is 3.06. The van der Waals surface area contributed by atoms with Crippen molar-refractivity contribution in [3.63, 3.8) is 0 Å². The molecule has 0 aromatic heterocycles. The zero-order valence-corrected chi connectivity index (χ0v) is 13.9. The highest BCUT2D eigenvalue weighted by atomic mass is 15.2. The molecule has 1 aliphatic heterocycles. The van der Waals surface area contributed by atoms with Crippen molar-refractivity contribution in [1.82, 2.24) is 15.5 Å². The number of nitrogens with zero attached hydrogens (tertiary/aromatic N) is 2. The van der Waals surface area contributed by atoms with E-state index in [-0.39, 0.29) is 0 Å². The van der Waals surface area contributed by atoms with Crippen molar-refractivity contribution >= 4 is 5.96 Å². The Bertz CT molecular complexity index is 348. The minimum Gasteiger partial charge on any atom is -0.357 e. The molecule has 1 aliphatic carbocycles. The molecule has 1 unspecified atom stereocenters. The first-order valence-electron chi connectivity index (χ1n) is 8.63. The monoisotopic (exact) mass is 292 g/mol. The van der Waals surface area contributed by atoms with E-state index in [4.69, 9.17) is 4.99 Å². The van der Waals surface area contributed by atoms with Crippen LogP contribution in [-0.2, 0) is 0 Å². The molecule has 0 aromatic carbocycles. The van der Waals surface area contributed by atoms with Gasteiger partial charge < -0.3 is 10.6 Å². The molecular formula is C17H32N4. The van der Waals surface area contributed by atoms with E-state index in [9.17, 15) is 0 Å². The molecule has 4 nitrogen and oxygen atoms in total. The highest BCUT2D eigenvalue weighted by Crippen LogP contribution is 2.18. The Balaban J connectivity index is 1.80. The van der Waals surface area contributed by atoms with Crippen LogP contribution in [-0.4, -0.2) is 49.1 Å². The van der Waals surface area contributed by atoms with Crippen LogP contribution >= 0.6 is 0 Å². The number of guanidine groups is 1. The Morgan fingerprint density at radius 3 is 2.57 bits per heavy atom. The predicted molar refractivity (Wildman–Crippen MR) is 90.7 cm³/mol. The number of piperidine rings is 1. The fraction of sp³-hybridized carbons (Fsp3) is 0.824. The normalized spacial score (nSPS) is 23.5. The van der Waals surface area contributed by atoms with Gasteiger partial charge in [-0.15, -0.1) is 0 Å². The Kier molecular flexibility index (Phi) is 6.55. The number of likely N-dealkylation sites (tertiary alicyclic amines) is 1. The summed E-state index contributed by atoms with van der Waals surface area (Å²) in [4.78, 5) is 7.38. The first-order valence-corrected chi connectivity index (χ1v) is 8.63. The molecule has 0 saturated carbocycles. The standard InChI is InChI=1S/C17H32N4/c1-4-18-17(20-16-7-5-6-8-16)19-13-15(3)21-11-9-14(2)10-12-21/h5-6,14-16H,4,7-13H2,1-3H3,(H2,18,19,20). The third-order valence-electron chi connectivity index (χ3n) is 4.65. The van der Waals surface area contributed by atoms with Gasteiger partial charge in [-0.25, -0.2) is 0 Å². The number of rotatable bonds is 5. The molecule has 1 saturated heterocycles. The quantitative estimate of drug-likeness (QED) is 0.464. The fourth-order valence-corrected chi connectivity index (χ4v) is 3.06. The van der Waals surface area contributed by atoms with Gasteiger partial charge in [-0.05, 0) is 58.5 Å². The highest BCUT2D eigenvalue weighted by Gasteiger charge is 2.20. The van der Waals surface area contributed by atoms with E-state index in [2.05, 4.69) is 48.5 Å². The van der Waals surface area contributed by atoms with Crippen molar-refractivity contribution in [2.75, 3.05) is 26.2 Å². The molecule has 2 aliphatic rings. The Morgan fingerprint density at radius 1 is 1.29 bits per heavy atom. The van der Waals surface area contributed by atoms with Crippen LogP contribution in [0.5, 0.6) is 0 Å². The lowest BCUT2D eigenvalue weighted by molar-refractivity contribution is 0.150. The highest BCUT2D eigenvalue weighted by molar-refractivity contribution is 5.80. The molecule has 0 radical (unpaired) electrons. The Morgan fingerprint density at radius 2 is 1.95 bits per heavy atom. The van der Waals surface area contributed by atoms with Gasteiger partial charge in [0, 0.05) is 18.6 Å². The molecule has 21 heavy (non-hydrogen) atoms. The zero-order chi connectivity index (χ0) is 15.1. The molecule has 1 fully saturated rings. The molecule has 0 amide bonds. The minimum atomic E-state index is 0.522.